The van der Waals surface area contributed by atoms with Crippen molar-refractivity contribution in [2.75, 3.05) is 20.4 Å². The number of fused-ring (bicyclic) bond motifs is 1. The summed E-state index contributed by atoms with van der Waals surface area (Å²) >= 11 is 0. The molecule has 0 aliphatic heterocycles. The van der Waals surface area contributed by atoms with Crippen LogP contribution in [-0.4, -0.2) is 54.0 Å². The summed E-state index contributed by atoms with van der Waals surface area (Å²) in [6.07, 6.45) is 12.6. The molecule has 34 heavy (non-hydrogen) atoms. The average Bonchev–Trinajstić information content (AvgIpc) is 3.16. The average molecular weight is 495 g/mol. The van der Waals surface area contributed by atoms with Gasteiger partial charge < -0.3 is 24.4 Å². The molecule has 3 N–H and O–H groups in total. The Morgan fingerprint density at radius 2 is 1.91 bits per heavy atom. The lowest BCUT2D eigenvalue weighted by atomic mass is 9.61. The van der Waals surface area contributed by atoms with E-state index in [0.717, 1.165) is 36.8 Å². The lowest BCUT2D eigenvalue weighted by Crippen LogP contribution is -2.35. The molecule has 3 fully saturated rings. The van der Waals surface area contributed by atoms with Gasteiger partial charge in [0.1, 0.15) is 0 Å². The maximum absolute atomic E-state index is 12.3. The van der Waals surface area contributed by atoms with Gasteiger partial charge in [-0.15, -0.1) is 0 Å². The Morgan fingerprint density at radius 3 is 2.59 bits per heavy atom. The van der Waals surface area contributed by atoms with Crippen LogP contribution in [0, 0.1) is 23.2 Å². The van der Waals surface area contributed by atoms with E-state index in [4.69, 9.17) is 9.05 Å². The number of rotatable bonds is 8. The minimum absolute atomic E-state index is 0.0516. The second kappa shape index (κ2) is 11.4. The van der Waals surface area contributed by atoms with Crippen molar-refractivity contribution < 1.29 is 28.9 Å². The molecular formula is C27H43O6P. The third-order valence-electron chi connectivity index (χ3n) is 8.54. The predicted molar refractivity (Wildman–Crippen MR) is 136 cm³/mol. The van der Waals surface area contributed by atoms with Crippen molar-refractivity contribution in [3.8, 4) is 0 Å². The van der Waals surface area contributed by atoms with Crippen molar-refractivity contribution in [2.24, 2.45) is 23.2 Å². The summed E-state index contributed by atoms with van der Waals surface area (Å²) in [7, 11) is -0.582. The second-order valence-corrected chi connectivity index (χ2v) is 13.0. The van der Waals surface area contributed by atoms with Gasteiger partial charge in [0, 0.05) is 20.6 Å². The van der Waals surface area contributed by atoms with Gasteiger partial charge in [-0.1, -0.05) is 50.3 Å². The lowest BCUT2D eigenvalue weighted by Gasteiger charge is -2.44. The quantitative estimate of drug-likeness (QED) is 0.318. The summed E-state index contributed by atoms with van der Waals surface area (Å²) in [5.74, 6) is 1.30. The van der Waals surface area contributed by atoms with Crippen molar-refractivity contribution in [1.82, 2.24) is 0 Å². The first-order valence-electron chi connectivity index (χ1n) is 12.5. The number of allylic oxidation sites excluding steroid dienone is 4. The number of aliphatic hydroxyl groups is 3. The predicted octanol–water partition coefficient (Wildman–Crippen LogP) is 5.17. The Bertz CT molecular complexity index is 868. The Kier molecular flexibility index (Phi) is 9.22. The molecule has 7 heteroatoms. The third-order valence-corrected chi connectivity index (χ3v) is 10.5. The molecule has 3 saturated carbocycles. The van der Waals surface area contributed by atoms with E-state index in [0.29, 0.717) is 24.7 Å². The Balaban J connectivity index is 1.71. The molecule has 0 aromatic rings. The van der Waals surface area contributed by atoms with E-state index in [9.17, 15) is 19.9 Å². The highest BCUT2D eigenvalue weighted by Gasteiger charge is 2.50. The minimum Gasteiger partial charge on any atom is -0.393 e. The molecular weight excluding hydrogens is 451 g/mol. The number of hydrogen-bond acceptors (Lipinski definition) is 6. The van der Waals surface area contributed by atoms with Crippen molar-refractivity contribution in [2.45, 2.75) is 77.1 Å². The Hall–Kier alpha value is -1.01. The minimum atomic E-state index is -3.25. The highest BCUT2D eigenvalue weighted by Crippen LogP contribution is 2.59. The molecule has 3 aliphatic carbocycles. The first-order valence-corrected chi connectivity index (χ1v) is 14.3. The van der Waals surface area contributed by atoms with Crippen molar-refractivity contribution >= 4 is 7.60 Å². The monoisotopic (exact) mass is 494 g/mol. The maximum Gasteiger partial charge on any atom is 0.333 e. The van der Waals surface area contributed by atoms with E-state index in [-0.39, 0.29) is 17.5 Å². The van der Waals surface area contributed by atoms with E-state index >= 15 is 0 Å². The summed E-state index contributed by atoms with van der Waals surface area (Å²) in [6, 6.07) is 0. The van der Waals surface area contributed by atoms with Gasteiger partial charge in [0.05, 0.1) is 24.5 Å². The highest BCUT2D eigenvalue weighted by molar-refractivity contribution is 7.53. The topological polar surface area (TPSA) is 96.2 Å². The molecule has 0 heterocycles. The summed E-state index contributed by atoms with van der Waals surface area (Å²) in [5, 5.41) is 30.6. The lowest BCUT2D eigenvalue weighted by molar-refractivity contribution is 0.0862. The van der Waals surface area contributed by atoms with Gasteiger partial charge in [0.25, 0.3) is 0 Å². The molecule has 0 saturated heterocycles. The molecule has 192 valence electrons. The molecule has 0 aromatic heterocycles. The van der Waals surface area contributed by atoms with Crippen LogP contribution in [0.15, 0.2) is 47.6 Å². The van der Waals surface area contributed by atoms with Crippen LogP contribution >= 0.6 is 7.60 Å². The SMILES string of the molecule is C=C1/C(=C\C=C2/CCC[C@]3(C)[C@@H]([C@H](C)/C=C/[C@@H](O)CP(=O)(OC)OC)CC[C@@H]23)C[C@@H](O)C[C@@H]1O. The Labute approximate surface area is 205 Å². The van der Waals surface area contributed by atoms with Gasteiger partial charge in [-0.3, -0.25) is 4.57 Å². The molecule has 0 unspecified atom stereocenters. The van der Waals surface area contributed by atoms with E-state index in [2.05, 4.69) is 38.7 Å². The molecule has 0 spiro atoms. The standard InChI is InChI=1S/C27H43O6P/c1-18(8-11-22(28)17-34(31,32-4)33-5)24-12-13-25-20(7-6-14-27(24,25)3)9-10-21-15-23(29)16-26(30)19(21)2/h8-11,18,22-26,28-30H,2,6-7,12-17H2,1,3-5H3/b11-8+,20-9+,21-10-/t18-,22-,23-,24-,25+,26+,27-/m1/s1. The van der Waals surface area contributed by atoms with E-state index in [1.807, 2.05) is 0 Å². The second-order valence-electron chi connectivity index (χ2n) is 10.6. The molecule has 7 atom stereocenters. The van der Waals surface area contributed by atoms with Gasteiger partial charge in [-0.05, 0) is 72.8 Å². The van der Waals surface area contributed by atoms with Gasteiger partial charge in [-0.25, -0.2) is 0 Å². The third kappa shape index (κ3) is 6.03. The fourth-order valence-electron chi connectivity index (χ4n) is 6.56. The zero-order chi connectivity index (χ0) is 25.1. The van der Waals surface area contributed by atoms with Crippen molar-refractivity contribution in [3.05, 3.63) is 47.6 Å². The summed E-state index contributed by atoms with van der Waals surface area (Å²) in [5.41, 5.74) is 3.33. The van der Waals surface area contributed by atoms with Crippen molar-refractivity contribution in [3.63, 3.8) is 0 Å². The van der Waals surface area contributed by atoms with Crippen LogP contribution in [0.25, 0.3) is 0 Å². The van der Waals surface area contributed by atoms with Crippen LogP contribution in [0.5, 0.6) is 0 Å². The smallest absolute Gasteiger partial charge is 0.333 e. The van der Waals surface area contributed by atoms with E-state index in [1.54, 1.807) is 6.08 Å². The highest BCUT2D eigenvalue weighted by atomic mass is 31.2. The zero-order valence-corrected chi connectivity index (χ0v) is 22.0. The van der Waals surface area contributed by atoms with Crippen LogP contribution in [0.2, 0.25) is 0 Å². The number of aliphatic hydroxyl groups excluding tert-OH is 3. The van der Waals surface area contributed by atoms with Gasteiger partial charge in [0.2, 0.25) is 0 Å². The first kappa shape index (κ1) is 27.6. The van der Waals surface area contributed by atoms with Gasteiger partial charge in [-0.2, -0.15) is 0 Å². The van der Waals surface area contributed by atoms with E-state index < -0.39 is 25.9 Å². The molecule has 0 amide bonds. The molecule has 6 nitrogen and oxygen atoms in total. The number of hydrogen-bond donors (Lipinski definition) is 3. The fraction of sp³-hybridized carbons (Fsp3) is 0.704. The summed E-state index contributed by atoms with van der Waals surface area (Å²) in [6.45, 7) is 8.66. The van der Waals surface area contributed by atoms with Gasteiger partial charge in [0.15, 0.2) is 0 Å². The normalized spacial score (nSPS) is 36.9. The maximum atomic E-state index is 12.3. The van der Waals surface area contributed by atoms with Crippen LogP contribution < -0.4 is 0 Å². The zero-order valence-electron chi connectivity index (χ0n) is 21.2. The van der Waals surface area contributed by atoms with Gasteiger partial charge >= 0.3 is 7.60 Å². The summed E-state index contributed by atoms with van der Waals surface area (Å²) in [4.78, 5) is 0. The summed E-state index contributed by atoms with van der Waals surface area (Å²) < 4.78 is 22.2. The van der Waals surface area contributed by atoms with Crippen molar-refractivity contribution in [1.29, 1.82) is 0 Å². The molecule has 0 bridgehead atoms. The largest absolute Gasteiger partial charge is 0.393 e. The van der Waals surface area contributed by atoms with Crippen LogP contribution in [0.3, 0.4) is 0 Å². The molecule has 3 aliphatic rings. The molecule has 0 aromatic carbocycles. The van der Waals surface area contributed by atoms with Crippen LogP contribution in [0.1, 0.15) is 58.8 Å². The van der Waals surface area contributed by atoms with Crippen LogP contribution in [-0.2, 0) is 13.6 Å². The first-order chi connectivity index (χ1) is 16.0. The molecule has 3 rings (SSSR count). The Morgan fingerprint density at radius 1 is 1.21 bits per heavy atom. The fourth-order valence-corrected chi connectivity index (χ4v) is 7.59. The van der Waals surface area contributed by atoms with Crippen LogP contribution in [0.4, 0.5) is 0 Å². The van der Waals surface area contributed by atoms with E-state index in [1.165, 1.54) is 26.2 Å². The molecule has 0 radical (unpaired) electrons.